The predicted molar refractivity (Wildman–Crippen MR) is 233 cm³/mol. The molecule has 0 aliphatic heterocycles. The summed E-state index contributed by atoms with van der Waals surface area (Å²) in [7, 11) is 0. The molecule has 2 aliphatic rings. The summed E-state index contributed by atoms with van der Waals surface area (Å²) >= 11 is 0. The Balaban J connectivity index is 1.22. The van der Waals surface area contributed by atoms with Gasteiger partial charge in [0.15, 0.2) is 0 Å². The van der Waals surface area contributed by atoms with Gasteiger partial charge in [0, 0.05) is 27.8 Å². The zero-order chi connectivity index (χ0) is 37.3. The fourth-order valence-electron chi connectivity index (χ4n) is 9.33. The van der Waals surface area contributed by atoms with Crippen LogP contribution in [0, 0.1) is 0 Å². The van der Waals surface area contributed by atoms with Gasteiger partial charge < -0.3 is 4.90 Å². The standard InChI is InChI=1S/C54H43N/c1-53(2)48-21-13-11-19-44(48)46-31-28-41(34-50(46)53)55(42-29-32-47-45-20-12-14-22-49(45)54(3,4)51(47)35-42)52-33-40(37-17-9-6-10-18-37)27-30-43(52)39-25-23-38(24-26-39)36-15-7-5-8-16-36/h5-35H,1-4H3. The van der Waals surface area contributed by atoms with Crippen LogP contribution in [0.4, 0.5) is 17.1 Å². The van der Waals surface area contributed by atoms with Gasteiger partial charge in [-0.25, -0.2) is 0 Å². The van der Waals surface area contributed by atoms with E-state index in [0.717, 1.165) is 17.1 Å². The first-order chi connectivity index (χ1) is 26.8. The lowest BCUT2D eigenvalue weighted by Gasteiger charge is -2.31. The van der Waals surface area contributed by atoms with Crippen molar-refractivity contribution in [2.45, 2.75) is 38.5 Å². The maximum absolute atomic E-state index is 2.52. The van der Waals surface area contributed by atoms with Gasteiger partial charge in [0.25, 0.3) is 0 Å². The van der Waals surface area contributed by atoms with Gasteiger partial charge in [0.1, 0.15) is 0 Å². The first-order valence-electron chi connectivity index (χ1n) is 19.4. The highest BCUT2D eigenvalue weighted by Gasteiger charge is 2.38. The van der Waals surface area contributed by atoms with Gasteiger partial charge in [-0.15, -0.1) is 0 Å². The van der Waals surface area contributed by atoms with E-state index in [1.54, 1.807) is 0 Å². The third kappa shape index (κ3) is 5.29. The first kappa shape index (κ1) is 33.2. The van der Waals surface area contributed by atoms with Gasteiger partial charge in [-0.3, -0.25) is 0 Å². The molecule has 0 radical (unpaired) electrons. The van der Waals surface area contributed by atoms with Crippen LogP contribution in [0.15, 0.2) is 188 Å². The van der Waals surface area contributed by atoms with E-state index in [-0.39, 0.29) is 10.8 Å². The zero-order valence-corrected chi connectivity index (χ0v) is 31.8. The number of fused-ring (bicyclic) bond motifs is 6. The lowest BCUT2D eigenvalue weighted by molar-refractivity contribution is 0.660. The van der Waals surface area contributed by atoms with Crippen molar-refractivity contribution in [3.63, 3.8) is 0 Å². The van der Waals surface area contributed by atoms with Gasteiger partial charge in [0.05, 0.1) is 5.69 Å². The van der Waals surface area contributed by atoms with Crippen molar-refractivity contribution in [3.05, 3.63) is 210 Å². The van der Waals surface area contributed by atoms with Crippen molar-refractivity contribution in [1.82, 2.24) is 0 Å². The Morgan fingerprint density at radius 2 is 0.673 bits per heavy atom. The Labute approximate surface area is 325 Å². The van der Waals surface area contributed by atoms with Crippen LogP contribution in [-0.2, 0) is 10.8 Å². The van der Waals surface area contributed by atoms with Crippen molar-refractivity contribution in [3.8, 4) is 55.6 Å². The van der Waals surface area contributed by atoms with E-state index < -0.39 is 0 Å². The topological polar surface area (TPSA) is 3.24 Å². The van der Waals surface area contributed by atoms with Crippen molar-refractivity contribution in [1.29, 1.82) is 0 Å². The van der Waals surface area contributed by atoms with Crippen LogP contribution in [0.1, 0.15) is 49.9 Å². The van der Waals surface area contributed by atoms with E-state index in [4.69, 9.17) is 0 Å². The van der Waals surface area contributed by atoms with Crippen molar-refractivity contribution in [2.75, 3.05) is 4.90 Å². The summed E-state index contributed by atoms with van der Waals surface area (Å²) in [5, 5.41) is 0. The predicted octanol–water partition coefficient (Wildman–Crippen LogP) is 14.8. The van der Waals surface area contributed by atoms with Crippen molar-refractivity contribution >= 4 is 17.1 Å². The minimum absolute atomic E-state index is 0.128. The third-order valence-corrected chi connectivity index (χ3v) is 12.3. The molecule has 2 aliphatic carbocycles. The second-order valence-electron chi connectivity index (χ2n) is 16.2. The number of anilines is 3. The molecule has 0 fully saturated rings. The maximum atomic E-state index is 2.52. The van der Waals surface area contributed by atoms with Gasteiger partial charge in [-0.1, -0.05) is 185 Å². The molecule has 1 heteroatoms. The van der Waals surface area contributed by atoms with Gasteiger partial charge in [0.2, 0.25) is 0 Å². The molecule has 0 heterocycles. The summed E-state index contributed by atoms with van der Waals surface area (Å²) in [5.74, 6) is 0. The number of hydrogen-bond acceptors (Lipinski definition) is 1. The second kappa shape index (κ2) is 12.6. The van der Waals surface area contributed by atoms with E-state index in [2.05, 4.69) is 221 Å². The molecule has 0 saturated carbocycles. The van der Waals surface area contributed by atoms with Crippen LogP contribution in [0.3, 0.4) is 0 Å². The van der Waals surface area contributed by atoms with Crippen LogP contribution >= 0.6 is 0 Å². The molecule has 0 N–H and O–H groups in total. The smallest absolute Gasteiger partial charge is 0.0546 e. The van der Waals surface area contributed by atoms with Crippen LogP contribution < -0.4 is 4.90 Å². The molecule has 0 spiro atoms. The molecule has 0 aromatic heterocycles. The van der Waals surface area contributed by atoms with Crippen LogP contribution in [0.25, 0.3) is 55.6 Å². The molecular weight excluding hydrogens is 663 g/mol. The number of rotatable bonds is 6. The summed E-state index contributed by atoms with van der Waals surface area (Å²) in [6.07, 6.45) is 0. The second-order valence-corrected chi connectivity index (χ2v) is 16.2. The fraction of sp³-hybridized carbons (Fsp3) is 0.111. The average Bonchev–Trinajstić information content (AvgIpc) is 3.61. The highest BCUT2D eigenvalue weighted by atomic mass is 15.1. The Hall–Kier alpha value is -6.44. The maximum Gasteiger partial charge on any atom is 0.0546 e. The molecule has 8 aromatic rings. The van der Waals surface area contributed by atoms with Crippen molar-refractivity contribution in [2.24, 2.45) is 0 Å². The monoisotopic (exact) mass is 705 g/mol. The molecule has 264 valence electrons. The third-order valence-electron chi connectivity index (χ3n) is 12.3. The molecule has 0 saturated heterocycles. The Morgan fingerprint density at radius 1 is 0.291 bits per heavy atom. The summed E-state index contributed by atoms with van der Waals surface area (Å²) in [4.78, 5) is 2.52. The number of benzene rings is 8. The molecule has 8 aromatic carbocycles. The highest BCUT2D eigenvalue weighted by molar-refractivity contribution is 5.94. The van der Waals surface area contributed by atoms with Crippen LogP contribution in [0.2, 0.25) is 0 Å². The average molecular weight is 706 g/mol. The molecule has 10 rings (SSSR count). The van der Waals surface area contributed by atoms with Crippen molar-refractivity contribution < 1.29 is 0 Å². The van der Waals surface area contributed by atoms with Crippen LogP contribution in [0.5, 0.6) is 0 Å². The summed E-state index contributed by atoms with van der Waals surface area (Å²) in [6, 6.07) is 69.6. The number of hydrogen-bond donors (Lipinski definition) is 0. The van der Waals surface area contributed by atoms with E-state index >= 15 is 0 Å². The van der Waals surface area contributed by atoms with Gasteiger partial charge in [-0.05, 0) is 103 Å². The first-order valence-corrected chi connectivity index (χ1v) is 19.4. The van der Waals surface area contributed by atoms with E-state index in [1.807, 2.05) is 0 Å². The summed E-state index contributed by atoms with van der Waals surface area (Å²) < 4.78 is 0. The lowest BCUT2D eigenvalue weighted by atomic mass is 9.82. The quantitative estimate of drug-likeness (QED) is 0.166. The van der Waals surface area contributed by atoms with E-state index in [0.29, 0.717) is 0 Å². The molecule has 55 heavy (non-hydrogen) atoms. The van der Waals surface area contributed by atoms with Crippen LogP contribution in [-0.4, -0.2) is 0 Å². The molecule has 0 unspecified atom stereocenters. The lowest BCUT2D eigenvalue weighted by Crippen LogP contribution is -2.18. The Kier molecular flexibility index (Phi) is 7.58. The number of nitrogens with zero attached hydrogens (tertiary/aromatic N) is 1. The minimum atomic E-state index is -0.128. The summed E-state index contributed by atoms with van der Waals surface area (Å²) in [5.41, 5.74) is 21.2. The van der Waals surface area contributed by atoms with E-state index in [1.165, 1.54) is 77.9 Å². The Bertz CT molecular complexity index is 2630. The SMILES string of the molecule is CC1(C)c2ccccc2-c2ccc(N(c3ccc4c(c3)C(C)(C)c3ccccc3-4)c3cc(-c4ccccc4)ccc3-c3ccc(-c4ccccc4)cc3)cc21. The molecule has 0 atom stereocenters. The minimum Gasteiger partial charge on any atom is -0.310 e. The Morgan fingerprint density at radius 3 is 1.20 bits per heavy atom. The zero-order valence-electron chi connectivity index (χ0n) is 31.8. The molecule has 1 nitrogen and oxygen atoms in total. The highest BCUT2D eigenvalue weighted by Crippen LogP contribution is 2.54. The fourth-order valence-corrected chi connectivity index (χ4v) is 9.33. The van der Waals surface area contributed by atoms with Gasteiger partial charge >= 0.3 is 0 Å². The largest absolute Gasteiger partial charge is 0.310 e. The van der Waals surface area contributed by atoms with E-state index in [9.17, 15) is 0 Å². The van der Waals surface area contributed by atoms with Gasteiger partial charge in [-0.2, -0.15) is 0 Å². The molecule has 0 bridgehead atoms. The normalized spacial score (nSPS) is 14.1. The summed E-state index contributed by atoms with van der Waals surface area (Å²) in [6.45, 7) is 9.49. The molecular formula is C54H43N. The molecule has 0 amide bonds.